The van der Waals surface area contributed by atoms with Crippen LogP contribution in [0.15, 0.2) is 34.0 Å². The summed E-state index contributed by atoms with van der Waals surface area (Å²) in [6.07, 6.45) is 6.93. The van der Waals surface area contributed by atoms with Crippen molar-refractivity contribution in [1.82, 2.24) is 19.3 Å². The van der Waals surface area contributed by atoms with Gasteiger partial charge in [0.1, 0.15) is 16.5 Å². The molecule has 0 bridgehead atoms. The Balaban J connectivity index is 1.69. The second-order valence-electron chi connectivity index (χ2n) is 5.29. The van der Waals surface area contributed by atoms with Gasteiger partial charge in [0.2, 0.25) is 10.0 Å². The number of hydrogen-bond acceptors (Lipinski definition) is 5. The fraction of sp³-hybridized carbons (Fsp3) is 0.385. The maximum atomic E-state index is 12.4. The maximum Gasteiger partial charge on any atom is 0.244 e. The third-order valence-corrected chi connectivity index (χ3v) is 5.62. The van der Waals surface area contributed by atoms with E-state index in [0.717, 1.165) is 25.2 Å². The molecule has 2 aromatic heterocycles. The summed E-state index contributed by atoms with van der Waals surface area (Å²) in [6, 6.07) is 1.46. The summed E-state index contributed by atoms with van der Waals surface area (Å²) >= 11 is 3.21. The van der Waals surface area contributed by atoms with E-state index in [4.69, 9.17) is 5.73 Å². The van der Waals surface area contributed by atoms with Crippen LogP contribution in [0.1, 0.15) is 12.2 Å². The molecular weight excluding hydrogens is 370 g/mol. The average molecular weight is 386 g/mol. The number of imidazole rings is 1. The van der Waals surface area contributed by atoms with Gasteiger partial charge in [-0.3, -0.25) is 0 Å². The highest BCUT2D eigenvalue weighted by Crippen LogP contribution is 2.22. The van der Waals surface area contributed by atoms with Crippen molar-refractivity contribution in [3.63, 3.8) is 0 Å². The zero-order valence-electron chi connectivity index (χ0n) is 11.7. The molecule has 0 saturated heterocycles. The van der Waals surface area contributed by atoms with Crippen LogP contribution < -0.4 is 10.5 Å². The van der Waals surface area contributed by atoms with Crippen molar-refractivity contribution in [3.05, 3.63) is 35.0 Å². The number of nitrogens with one attached hydrogen (secondary N) is 1. The van der Waals surface area contributed by atoms with Crippen molar-refractivity contribution in [2.24, 2.45) is 5.92 Å². The number of nitrogens with zero attached hydrogens (tertiary/aromatic N) is 3. The fourth-order valence-corrected chi connectivity index (χ4v) is 4.26. The SMILES string of the molecule is Nc1ncc(Br)cc1S(=O)(=O)NCC1CCc2nccn2C1. The summed E-state index contributed by atoms with van der Waals surface area (Å²) in [7, 11) is -3.67. The Morgan fingerprint density at radius 2 is 2.27 bits per heavy atom. The van der Waals surface area contributed by atoms with Crippen molar-refractivity contribution < 1.29 is 8.42 Å². The number of sulfonamides is 1. The third-order valence-electron chi connectivity index (χ3n) is 3.73. The highest BCUT2D eigenvalue weighted by molar-refractivity contribution is 9.10. The van der Waals surface area contributed by atoms with Gasteiger partial charge in [-0.1, -0.05) is 0 Å². The monoisotopic (exact) mass is 385 g/mol. The van der Waals surface area contributed by atoms with E-state index < -0.39 is 10.0 Å². The molecule has 0 radical (unpaired) electrons. The summed E-state index contributed by atoms with van der Waals surface area (Å²) in [4.78, 5) is 8.13. The number of rotatable bonds is 4. The van der Waals surface area contributed by atoms with Crippen LogP contribution in [0.2, 0.25) is 0 Å². The molecular formula is C13H16BrN5O2S. The number of hydrogen-bond donors (Lipinski definition) is 2. The molecule has 1 aliphatic heterocycles. The minimum absolute atomic E-state index is 0.000930. The number of halogens is 1. The lowest BCUT2D eigenvalue weighted by Crippen LogP contribution is -2.34. The summed E-state index contributed by atoms with van der Waals surface area (Å²) in [5.74, 6) is 1.29. The van der Waals surface area contributed by atoms with E-state index in [2.05, 4.69) is 35.2 Å². The quantitative estimate of drug-likeness (QED) is 0.821. The second kappa shape index (κ2) is 5.98. The van der Waals surface area contributed by atoms with Gasteiger partial charge in [0.15, 0.2) is 0 Å². The normalized spacial score (nSPS) is 18.1. The molecule has 7 nitrogen and oxygen atoms in total. The molecule has 3 heterocycles. The molecule has 118 valence electrons. The van der Waals surface area contributed by atoms with Crippen molar-refractivity contribution >= 4 is 31.8 Å². The van der Waals surface area contributed by atoms with E-state index in [1.165, 1.54) is 12.3 Å². The Hall–Kier alpha value is -1.45. The van der Waals surface area contributed by atoms with Gasteiger partial charge in [0, 0.05) is 42.6 Å². The molecule has 3 rings (SSSR count). The smallest absolute Gasteiger partial charge is 0.244 e. The van der Waals surface area contributed by atoms with Crippen LogP contribution in [0.3, 0.4) is 0 Å². The molecule has 0 aliphatic carbocycles. The van der Waals surface area contributed by atoms with Crippen LogP contribution in [0.25, 0.3) is 0 Å². The first kappa shape index (κ1) is 15.4. The molecule has 3 N–H and O–H groups in total. The van der Waals surface area contributed by atoms with E-state index in [9.17, 15) is 8.42 Å². The van der Waals surface area contributed by atoms with Gasteiger partial charge in [-0.05, 0) is 34.3 Å². The standard InChI is InChI=1S/C13H16BrN5O2S/c14-10-5-11(13(15)17-7-10)22(20,21)18-6-9-1-2-12-16-3-4-19(12)8-9/h3-5,7,9,18H,1-2,6,8H2,(H2,15,17). The molecule has 22 heavy (non-hydrogen) atoms. The first-order valence-electron chi connectivity index (χ1n) is 6.86. The predicted octanol–water partition coefficient (Wildman–Crippen LogP) is 1.16. The molecule has 0 spiro atoms. The Kier molecular flexibility index (Phi) is 4.20. The molecule has 0 amide bonds. The number of anilines is 1. The van der Waals surface area contributed by atoms with Crippen molar-refractivity contribution in [3.8, 4) is 0 Å². The Morgan fingerprint density at radius 3 is 3.09 bits per heavy atom. The lowest BCUT2D eigenvalue weighted by atomic mass is 10.00. The molecule has 0 fully saturated rings. The number of nitrogen functional groups attached to an aromatic ring is 1. The van der Waals surface area contributed by atoms with Gasteiger partial charge < -0.3 is 10.3 Å². The lowest BCUT2D eigenvalue weighted by molar-refractivity contribution is 0.363. The number of aromatic nitrogens is 3. The van der Waals surface area contributed by atoms with Crippen LogP contribution in [0.4, 0.5) is 5.82 Å². The molecule has 2 aromatic rings. The van der Waals surface area contributed by atoms with Crippen molar-refractivity contribution in [2.75, 3.05) is 12.3 Å². The van der Waals surface area contributed by atoms with Gasteiger partial charge in [0.05, 0.1) is 0 Å². The highest BCUT2D eigenvalue weighted by Gasteiger charge is 2.23. The zero-order chi connectivity index (χ0) is 15.7. The average Bonchev–Trinajstić information content (AvgIpc) is 2.95. The summed E-state index contributed by atoms with van der Waals surface area (Å²) in [6.45, 7) is 1.13. The fourth-order valence-electron chi connectivity index (χ4n) is 2.56. The maximum absolute atomic E-state index is 12.4. The van der Waals surface area contributed by atoms with Crippen molar-refractivity contribution in [2.45, 2.75) is 24.3 Å². The minimum Gasteiger partial charge on any atom is -0.383 e. The summed E-state index contributed by atoms with van der Waals surface area (Å²) in [5, 5.41) is 0. The van der Waals surface area contributed by atoms with Gasteiger partial charge in [-0.15, -0.1) is 0 Å². The highest BCUT2D eigenvalue weighted by atomic mass is 79.9. The molecule has 1 unspecified atom stereocenters. The first-order chi connectivity index (χ1) is 10.5. The topological polar surface area (TPSA) is 103 Å². The number of aryl methyl sites for hydroxylation is 1. The Morgan fingerprint density at radius 1 is 1.45 bits per heavy atom. The van der Waals surface area contributed by atoms with E-state index in [1.807, 2.05) is 6.20 Å². The number of fused-ring (bicyclic) bond motifs is 1. The van der Waals surface area contributed by atoms with Gasteiger partial charge in [-0.25, -0.2) is 23.1 Å². The second-order valence-corrected chi connectivity index (χ2v) is 7.94. The first-order valence-corrected chi connectivity index (χ1v) is 9.14. The van der Waals surface area contributed by atoms with Crippen LogP contribution in [-0.2, 0) is 23.0 Å². The molecule has 1 aliphatic rings. The van der Waals surface area contributed by atoms with Crippen LogP contribution >= 0.6 is 15.9 Å². The van der Waals surface area contributed by atoms with Crippen LogP contribution in [-0.4, -0.2) is 29.5 Å². The van der Waals surface area contributed by atoms with Gasteiger partial charge in [-0.2, -0.15) is 0 Å². The third kappa shape index (κ3) is 3.16. The zero-order valence-corrected chi connectivity index (χ0v) is 14.1. The molecule has 1 atom stereocenters. The van der Waals surface area contributed by atoms with E-state index in [-0.39, 0.29) is 16.6 Å². The molecule has 0 saturated carbocycles. The van der Waals surface area contributed by atoms with Gasteiger partial charge >= 0.3 is 0 Å². The number of pyridine rings is 1. The minimum atomic E-state index is -3.67. The Labute approximate surface area is 137 Å². The van der Waals surface area contributed by atoms with Crippen LogP contribution in [0, 0.1) is 5.92 Å². The van der Waals surface area contributed by atoms with Gasteiger partial charge in [0.25, 0.3) is 0 Å². The van der Waals surface area contributed by atoms with E-state index in [1.54, 1.807) is 6.20 Å². The summed E-state index contributed by atoms with van der Waals surface area (Å²) in [5.41, 5.74) is 5.67. The number of nitrogens with two attached hydrogens (primary N) is 1. The van der Waals surface area contributed by atoms with Crippen LogP contribution in [0.5, 0.6) is 0 Å². The molecule has 9 heteroatoms. The molecule has 0 aromatic carbocycles. The predicted molar refractivity (Wildman–Crippen MR) is 85.6 cm³/mol. The largest absolute Gasteiger partial charge is 0.383 e. The van der Waals surface area contributed by atoms with Crippen molar-refractivity contribution in [1.29, 1.82) is 0 Å². The summed E-state index contributed by atoms with van der Waals surface area (Å²) < 4.78 is 30.0. The Bertz CT molecular complexity index is 789. The lowest BCUT2D eigenvalue weighted by Gasteiger charge is -2.24. The van der Waals surface area contributed by atoms with E-state index in [0.29, 0.717) is 11.0 Å². The van der Waals surface area contributed by atoms with E-state index >= 15 is 0 Å².